The molecule has 0 radical (unpaired) electrons. The number of nitrogens with one attached hydrogen (secondary N) is 2. The molecule has 0 aliphatic rings. The molecular weight excluding hydrogens is 414 g/mol. The Labute approximate surface area is 185 Å². The summed E-state index contributed by atoms with van der Waals surface area (Å²) in [7, 11) is 3.08. The average Bonchev–Trinajstić information content (AvgIpc) is 3.27. The number of thiazole rings is 1. The largest absolute Gasteiger partial charge is 0.497 e. The summed E-state index contributed by atoms with van der Waals surface area (Å²) in [5, 5.41) is 8.52. The maximum absolute atomic E-state index is 12.6. The molecule has 3 aromatic rings. The maximum Gasteiger partial charge on any atom is 0.251 e. The second-order valence-corrected chi connectivity index (χ2v) is 7.68. The molecule has 7 nitrogen and oxygen atoms in total. The number of amides is 1. The van der Waals surface area contributed by atoms with Crippen LogP contribution in [0.3, 0.4) is 0 Å². The number of aryl methyl sites for hydroxylation is 1. The van der Waals surface area contributed by atoms with E-state index in [0.717, 1.165) is 5.56 Å². The Bertz CT molecular complexity index is 1040. The van der Waals surface area contributed by atoms with Crippen molar-refractivity contribution in [3.63, 3.8) is 0 Å². The number of nitrogens with zero attached hydrogens (tertiary/aromatic N) is 1. The molecule has 0 spiro atoms. The zero-order chi connectivity index (χ0) is 22.2. The number of hydrogen-bond acceptors (Lipinski definition) is 7. The van der Waals surface area contributed by atoms with Crippen LogP contribution in [0.15, 0.2) is 47.8 Å². The van der Waals surface area contributed by atoms with Crippen molar-refractivity contribution in [3.05, 3.63) is 70.2 Å². The van der Waals surface area contributed by atoms with E-state index < -0.39 is 0 Å². The molecule has 162 valence electrons. The molecule has 2 aromatic carbocycles. The Morgan fingerprint density at radius 3 is 2.42 bits per heavy atom. The van der Waals surface area contributed by atoms with Gasteiger partial charge < -0.3 is 20.1 Å². The first-order valence-electron chi connectivity index (χ1n) is 9.83. The van der Waals surface area contributed by atoms with E-state index in [9.17, 15) is 9.59 Å². The van der Waals surface area contributed by atoms with Gasteiger partial charge in [-0.25, -0.2) is 4.98 Å². The fraction of sp³-hybridized carbons (Fsp3) is 0.261. The van der Waals surface area contributed by atoms with Crippen LogP contribution in [0.2, 0.25) is 0 Å². The van der Waals surface area contributed by atoms with Gasteiger partial charge in [0.1, 0.15) is 17.2 Å². The molecular formula is C23H25N3O4S. The Morgan fingerprint density at radius 1 is 1.03 bits per heavy atom. The first-order chi connectivity index (χ1) is 15.0. The number of ketones is 1. The minimum atomic E-state index is -0.197. The number of benzene rings is 2. The third-order valence-corrected chi connectivity index (χ3v) is 5.46. The number of hydrogen-bond donors (Lipinski definition) is 2. The molecule has 2 N–H and O–H groups in total. The lowest BCUT2D eigenvalue weighted by Gasteiger charge is -2.09. The third kappa shape index (κ3) is 5.82. The molecule has 1 amide bonds. The van der Waals surface area contributed by atoms with Crippen LogP contribution < -0.4 is 20.1 Å². The summed E-state index contributed by atoms with van der Waals surface area (Å²) < 4.78 is 10.4. The van der Waals surface area contributed by atoms with Gasteiger partial charge >= 0.3 is 0 Å². The van der Waals surface area contributed by atoms with Gasteiger partial charge in [0.25, 0.3) is 5.91 Å². The lowest BCUT2D eigenvalue weighted by atomic mass is 10.0. The van der Waals surface area contributed by atoms with Gasteiger partial charge in [-0.2, -0.15) is 0 Å². The quantitative estimate of drug-likeness (QED) is 0.368. The average molecular weight is 440 g/mol. The molecule has 31 heavy (non-hydrogen) atoms. The second-order valence-electron chi connectivity index (χ2n) is 6.82. The SMILES string of the molecule is COc1cc(OC)cc(C(=O)NCCCNc2nc(C(=O)c3ccccc3C)cs2)c1. The van der Waals surface area contributed by atoms with E-state index in [2.05, 4.69) is 15.6 Å². The van der Waals surface area contributed by atoms with Crippen molar-refractivity contribution in [3.8, 4) is 11.5 Å². The number of carbonyl (C=O) groups excluding carboxylic acids is 2. The first kappa shape index (κ1) is 22.3. The maximum atomic E-state index is 12.6. The highest BCUT2D eigenvalue weighted by Crippen LogP contribution is 2.22. The van der Waals surface area contributed by atoms with Gasteiger partial charge in [-0.3, -0.25) is 9.59 Å². The van der Waals surface area contributed by atoms with E-state index in [4.69, 9.17) is 9.47 Å². The van der Waals surface area contributed by atoms with Crippen LogP contribution in [0.25, 0.3) is 0 Å². The summed E-state index contributed by atoms with van der Waals surface area (Å²) in [6.45, 7) is 3.02. The third-order valence-electron chi connectivity index (χ3n) is 4.66. The Morgan fingerprint density at radius 2 is 1.74 bits per heavy atom. The van der Waals surface area contributed by atoms with Gasteiger partial charge in [0.05, 0.1) is 14.2 Å². The smallest absolute Gasteiger partial charge is 0.251 e. The van der Waals surface area contributed by atoms with E-state index in [1.165, 1.54) is 11.3 Å². The zero-order valence-corrected chi connectivity index (χ0v) is 18.5. The predicted molar refractivity (Wildman–Crippen MR) is 122 cm³/mol. The number of anilines is 1. The number of methoxy groups -OCH3 is 2. The second kappa shape index (κ2) is 10.6. The molecule has 1 aromatic heterocycles. The lowest BCUT2D eigenvalue weighted by Crippen LogP contribution is -2.25. The summed E-state index contributed by atoms with van der Waals surface area (Å²) in [6, 6.07) is 12.5. The summed E-state index contributed by atoms with van der Waals surface area (Å²) in [6.07, 6.45) is 0.702. The van der Waals surface area contributed by atoms with E-state index in [1.54, 1.807) is 37.8 Å². The highest BCUT2D eigenvalue weighted by Gasteiger charge is 2.15. The fourth-order valence-corrected chi connectivity index (χ4v) is 3.67. The van der Waals surface area contributed by atoms with Crippen molar-refractivity contribution < 1.29 is 19.1 Å². The molecule has 0 saturated carbocycles. The van der Waals surface area contributed by atoms with Gasteiger partial charge in [0.15, 0.2) is 5.13 Å². The highest BCUT2D eigenvalue weighted by atomic mass is 32.1. The zero-order valence-electron chi connectivity index (χ0n) is 17.7. The summed E-state index contributed by atoms with van der Waals surface area (Å²) >= 11 is 1.39. The normalized spacial score (nSPS) is 10.4. The van der Waals surface area contributed by atoms with Crippen molar-refractivity contribution in [2.24, 2.45) is 0 Å². The van der Waals surface area contributed by atoms with E-state index in [0.29, 0.717) is 53.0 Å². The molecule has 0 saturated heterocycles. The molecule has 0 fully saturated rings. The number of ether oxygens (including phenoxy) is 2. The molecule has 8 heteroatoms. The highest BCUT2D eigenvalue weighted by molar-refractivity contribution is 7.13. The van der Waals surface area contributed by atoms with Gasteiger partial charge in [0, 0.05) is 35.7 Å². The first-order valence-corrected chi connectivity index (χ1v) is 10.7. The Balaban J connectivity index is 1.46. The molecule has 0 atom stereocenters. The van der Waals surface area contributed by atoms with Crippen molar-refractivity contribution in [2.45, 2.75) is 13.3 Å². The predicted octanol–water partition coefficient (Wildman–Crippen LogP) is 3.93. The van der Waals surface area contributed by atoms with Crippen LogP contribution in [-0.4, -0.2) is 44.0 Å². The van der Waals surface area contributed by atoms with Crippen molar-refractivity contribution in [2.75, 3.05) is 32.6 Å². The summed E-state index contributed by atoms with van der Waals surface area (Å²) in [5.74, 6) is 0.845. The van der Waals surface area contributed by atoms with Gasteiger partial charge in [0.2, 0.25) is 5.78 Å². The van der Waals surface area contributed by atoms with Crippen LogP contribution in [0.5, 0.6) is 11.5 Å². The molecule has 0 unspecified atom stereocenters. The minimum Gasteiger partial charge on any atom is -0.497 e. The van der Waals surface area contributed by atoms with Crippen LogP contribution in [0.4, 0.5) is 5.13 Å². The number of carbonyl (C=O) groups is 2. The van der Waals surface area contributed by atoms with Crippen LogP contribution in [0.1, 0.15) is 38.4 Å². The molecule has 3 rings (SSSR count). The molecule has 0 bridgehead atoms. The molecule has 0 aliphatic carbocycles. The topological polar surface area (TPSA) is 89.6 Å². The van der Waals surface area contributed by atoms with E-state index in [1.807, 2.05) is 31.2 Å². The standard InChI is InChI=1S/C23H25N3O4S/c1-15-7-4-5-8-19(15)21(27)20-14-31-23(26-20)25-10-6-9-24-22(28)16-11-17(29-2)13-18(12-16)30-3/h4-5,7-8,11-14H,6,9-10H2,1-3H3,(H,24,28)(H,25,26). The number of aromatic nitrogens is 1. The molecule has 0 aliphatic heterocycles. The van der Waals surface area contributed by atoms with Crippen LogP contribution in [0, 0.1) is 6.92 Å². The van der Waals surface area contributed by atoms with Crippen molar-refractivity contribution >= 4 is 28.2 Å². The van der Waals surface area contributed by atoms with Crippen molar-refractivity contribution in [1.29, 1.82) is 0 Å². The summed E-state index contributed by atoms with van der Waals surface area (Å²) in [4.78, 5) is 29.4. The number of rotatable bonds is 10. The lowest BCUT2D eigenvalue weighted by molar-refractivity contribution is 0.0952. The van der Waals surface area contributed by atoms with Crippen molar-refractivity contribution in [1.82, 2.24) is 10.3 Å². The van der Waals surface area contributed by atoms with E-state index >= 15 is 0 Å². The monoisotopic (exact) mass is 439 g/mol. The fourth-order valence-electron chi connectivity index (χ4n) is 2.95. The minimum absolute atomic E-state index is 0.0802. The molecule has 1 heterocycles. The Kier molecular flexibility index (Phi) is 7.61. The van der Waals surface area contributed by atoms with Gasteiger partial charge in [-0.1, -0.05) is 24.3 Å². The summed E-state index contributed by atoms with van der Waals surface area (Å²) in [5.41, 5.74) is 2.50. The van der Waals surface area contributed by atoms with Gasteiger partial charge in [-0.05, 0) is 31.0 Å². The van der Waals surface area contributed by atoms with Crippen LogP contribution >= 0.6 is 11.3 Å². The Hall–Kier alpha value is -3.39. The van der Waals surface area contributed by atoms with E-state index in [-0.39, 0.29) is 11.7 Å². The van der Waals surface area contributed by atoms with Crippen LogP contribution in [-0.2, 0) is 0 Å². The van der Waals surface area contributed by atoms with Gasteiger partial charge in [-0.15, -0.1) is 11.3 Å².